The van der Waals surface area contributed by atoms with Crippen LogP contribution >= 0.6 is 0 Å². The number of carbonyl (C=O) groups is 3. The van der Waals surface area contributed by atoms with E-state index in [0.29, 0.717) is 49.7 Å². The molecule has 12 nitrogen and oxygen atoms in total. The van der Waals surface area contributed by atoms with Crippen molar-refractivity contribution >= 4 is 34.3 Å². The molecule has 3 aromatic heterocycles. The molecule has 1 atom stereocenters. The third-order valence-corrected chi connectivity index (χ3v) is 10.4. The van der Waals surface area contributed by atoms with Crippen LogP contribution in [0.15, 0.2) is 30.5 Å². The van der Waals surface area contributed by atoms with Crippen molar-refractivity contribution in [3.05, 3.63) is 53.0 Å². The molecule has 2 saturated heterocycles. The van der Waals surface area contributed by atoms with E-state index in [9.17, 15) is 19.5 Å². The zero-order valence-electron chi connectivity index (χ0n) is 28.2. The average molecular weight is 675 g/mol. The number of likely N-dealkylation sites (tertiary alicyclic amines) is 2. The molecule has 13 heteroatoms. The van der Waals surface area contributed by atoms with Crippen molar-refractivity contribution in [3.8, 4) is 17.1 Å². The monoisotopic (exact) mass is 674 g/mol. The summed E-state index contributed by atoms with van der Waals surface area (Å²) in [5, 5.41) is 17.6. The summed E-state index contributed by atoms with van der Waals surface area (Å²) in [4.78, 5) is 40.9. The molecule has 2 N–H and O–H groups in total. The lowest BCUT2D eigenvalue weighted by molar-refractivity contribution is -0.136. The number of hydrogen-bond acceptors (Lipinski definition) is 6. The van der Waals surface area contributed by atoms with Crippen LogP contribution in [0, 0.1) is 18.7 Å². The first kappa shape index (κ1) is 32.9. The molecule has 5 heterocycles. The molecule has 3 amide bonds. The number of carboxylic acid groups (broad SMARTS) is 1. The van der Waals surface area contributed by atoms with Gasteiger partial charge in [0, 0.05) is 63.0 Å². The molecule has 0 spiro atoms. The summed E-state index contributed by atoms with van der Waals surface area (Å²) in [6.07, 6.45) is 5.73. The van der Waals surface area contributed by atoms with Gasteiger partial charge in [-0.05, 0) is 87.1 Å². The number of aryl methyl sites for hydroxylation is 1. The Balaban J connectivity index is 1.27. The minimum atomic E-state index is -1.10. The van der Waals surface area contributed by atoms with E-state index < -0.39 is 6.09 Å². The van der Waals surface area contributed by atoms with Crippen LogP contribution in [0.2, 0.25) is 0 Å². The van der Waals surface area contributed by atoms with Crippen LogP contribution in [0.5, 0.6) is 5.75 Å². The van der Waals surface area contributed by atoms with Crippen molar-refractivity contribution in [3.63, 3.8) is 0 Å². The summed E-state index contributed by atoms with van der Waals surface area (Å²) in [6, 6.07) is 6.69. The predicted molar refractivity (Wildman–Crippen MR) is 181 cm³/mol. The first-order valence-electron chi connectivity index (χ1n) is 17.1. The molecule has 7 rings (SSSR count). The number of nitrogens with one attached hydrogen (secondary N) is 1. The van der Waals surface area contributed by atoms with Crippen molar-refractivity contribution in [1.82, 2.24) is 29.3 Å². The van der Waals surface area contributed by atoms with Crippen LogP contribution < -0.4 is 10.1 Å². The van der Waals surface area contributed by atoms with E-state index in [1.165, 1.54) is 7.11 Å². The Hall–Kier alpha value is -4.65. The quantitative estimate of drug-likeness (QED) is 0.254. The molecule has 0 radical (unpaired) electrons. The minimum Gasteiger partial charge on any atom is -0.494 e. The Bertz CT molecular complexity index is 1920. The number of amides is 3. The second kappa shape index (κ2) is 13.3. The van der Waals surface area contributed by atoms with Crippen LogP contribution in [0.1, 0.15) is 65.9 Å². The van der Waals surface area contributed by atoms with Gasteiger partial charge >= 0.3 is 6.09 Å². The number of carbonyl (C=O) groups excluding carboxylic acids is 2. The van der Waals surface area contributed by atoms with Crippen LogP contribution in [0.3, 0.4) is 0 Å². The summed E-state index contributed by atoms with van der Waals surface area (Å²) in [7, 11) is 3.09. The number of fused-ring (bicyclic) bond motifs is 2. The molecule has 2 aliphatic heterocycles. The van der Waals surface area contributed by atoms with Crippen molar-refractivity contribution in [2.24, 2.45) is 5.92 Å². The van der Waals surface area contributed by atoms with Crippen LogP contribution in [-0.4, -0.2) is 100 Å². The van der Waals surface area contributed by atoms with Crippen molar-refractivity contribution in [2.45, 2.75) is 64.0 Å². The lowest BCUT2D eigenvalue weighted by Crippen LogP contribution is -2.49. The number of hydrogen-bond donors (Lipinski definition) is 2. The predicted octanol–water partition coefficient (Wildman–Crippen LogP) is 5.05. The molecule has 4 aromatic rings. The van der Waals surface area contributed by atoms with E-state index in [1.807, 2.05) is 17.9 Å². The molecule has 1 aliphatic carbocycles. The Morgan fingerprint density at radius 3 is 2.47 bits per heavy atom. The summed E-state index contributed by atoms with van der Waals surface area (Å²) < 4.78 is 30.2. The normalized spacial score (nSPS) is 18.7. The fourth-order valence-electron chi connectivity index (χ4n) is 7.76. The number of pyridine rings is 1. The van der Waals surface area contributed by atoms with E-state index in [0.717, 1.165) is 71.2 Å². The standard InChI is InChI=1S/C36H43FN6O6/c1-21-32(39-43-18-25(15-30(49-3)33(21)43)35(45)41-10-4-5-27(19-41)38-36(46)47)29-14-24-13-26(37)16-28(34(24)42(29)17-22-6-7-22)23-8-11-40(12-9-23)31(44)20-48-2/h13-16,18,22-23,27,38H,4-12,17,19-20H2,1-3H3,(H,46,47)/t27-/m1/s1. The molecular weight excluding hydrogens is 631 g/mol. The number of ether oxygens (including phenoxy) is 2. The van der Waals surface area contributed by atoms with E-state index in [-0.39, 0.29) is 42.7 Å². The Morgan fingerprint density at radius 2 is 1.78 bits per heavy atom. The fourth-order valence-corrected chi connectivity index (χ4v) is 7.76. The maximum atomic E-state index is 15.3. The maximum absolute atomic E-state index is 15.3. The summed E-state index contributed by atoms with van der Waals surface area (Å²) in [5.41, 5.74) is 5.61. The smallest absolute Gasteiger partial charge is 0.404 e. The van der Waals surface area contributed by atoms with Gasteiger partial charge in [0.25, 0.3) is 5.91 Å². The SMILES string of the molecule is COCC(=O)N1CCC(c2cc(F)cc3cc(-c4nn5cc(C(=O)N6CCC[C@@H](NC(=O)O)C6)cc(OC)c5c4C)n(CC4CC4)c23)CC1. The van der Waals surface area contributed by atoms with Gasteiger partial charge in [0.15, 0.2) is 0 Å². The fraction of sp³-hybridized carbons (Fsp3) is 0.500. The Morgan fingerprint density at radius 1 is 1.00 bits per heavy atom. The molecule has 260 valence electrons. The van der Waals surface area contributed by atoms with Gasteiger partial charge in [0.2, 0.25) is 5.91 Å². The highest BCUT2D eigenvalue weighted by molar-refractivity contribution is 5.96. The summed E-state index contributed by atoms with van der Waals surface area (Å²) >= 11 is 0. The van der Waals surface area contributed by atoms with Gasteiger partial charge in [-0.15, -0.1) is 0 Å². The van der Waals surface area contributed by atoms with E-state index in [4.69, 9.17) is 14.6 Å². The van der Waals surface area contributed by atoms with Crippen molar-refractivity contribution in [2.75, 3.05) is 47.0 Å². The highest BCUT2D eigenvalue weighted by Gasteiger charge is 2.32. The van der Waals surface area contributed by atoms with E-state index >= 15 is 4.39 Å². The highest BCUT2D eigenvalue weighted by atomic mass is 19.1. The number of aromatic nitrogens is 3. The highest BCUT2D eigenvalue weighted by Crippen LogP contribution is 2.42. The number of halogens is 1. The molecule has 3 aliphatic rings. The minimum absolute atomic E-state index is 0.0253. The largest absolute Gasteiger partial charge is 0.494 e. The molecule has 1 aromatic carbocycles. The van der Waals surface area contributed by atoms with Crippen LogP contribution in [-0.2, 0) is 16.1 Å². The Kier molecular flexibility index (Phi) is 8.95. The van der Waals surface area contributed by atoms with Crippen molar-refractivity contribution in [1.29, 1.82) is 0 Å². The molecule has 3 fully saturated rings. The maximum Gasteiger partial charge on any atom is 0.404 e. The van der Waals surface area contributed by atoms with Gasteiger partial charge in [0.05, 0.1) is 23.9 Å². The second-order valence-corrected chi connectivity index (χ2v) is 13.7. The number of nitrogens with zero attached hydrogens (tertiary/aromatic N) is 5. The van der Waals surface area contributed by atoms with Gasteiger partial charge in [-0.25, -0.2) is 13.7 Å². The van der Waals surface area contributed by atoms with Crippen LogP contribution in [0.4, 0.5) is 9.18 Å². The molecule has 1 saturated carbocycles. The molecule has 0 bridgehead atoms. The summed E-state index contributed by atoms with van der Waals surface area (Å²) in [6.45, 7) is 4.85. The first-order chi connectivity index (χ1) is 23.6. The lowest BCUT2D eigenvalue weighted by Gasteiger charge is -2.32. The third kappa shape index (κ3) is 6.43. The second-order valence-electron chi connectivity index (χ2n) is 13.7. The number of rotatable bonds is 9. The lowest BCUT2D eigenvalue weighted by atomic mass is 9.88. The zero-order chi connectivity index (χ0) is 34.4. The van der Waals surface area contributed by atoms with Gasteiger partial charge in [0.1, 0.15) is 29.4 Å². The van der Waals surface area contributed by atoms with Crippen molar-refractivity contribution < 1.29 is 33.4 Å². The zero-order valence-corrected chi connectivity index (χ0v) is 28.2. The van der Waals surface area contributed by atoms with Gasteiger partial charge in [-0.1, -0.05) is 0 Å². The number of benzene rings is 1. The van der Waals surface area contributed by atoms with E-state index in [2.05, 4.69) is 9.88 Å². The topological polar surface area (TPSA) is 131 Å². The molecule has 0 unspecified atom stereocenters. The number of piperidine rings is 2. The first-order valence-corrected chi connectivity index (χ1v) is 17.1. The Labute approximate surface area is 283 Å². The third-order valence-electron chi connectivity index (χ3n) is 10.4. The molecular formula is C36H43FN6O6. The van der Waals surface area contributed by atoms with Crippen LogP contribution in [0.25, 0.3) is 27.8 Å². The van der Waals surface area contributed by atoms with Gasteiger partial charge in [-0.3, -0.25) is 9.59 Å². The van der Waals surface area contributed by atoms with Gasteiger partial charge < -0.3 is 34.3 Å². The summed E-state index contributed by atoms with van der Waals surface area (Å²) in [5.74, 6) is 0.603. The number of methoxy groups -OCH3 is 2. The average Bonchev–Trinajstić information content (AvgIpc) is 3.76. The molecule has 49 heavy (non-hydrogen) atoms. The van der Waals surface area contributed by atoms with Gasteiger partial charge in [-0.2, -0.15) is 5.10 Å². The van der Waals surface area contributed by atoms with E-state index in [1.54, 1.807) is 40.9 Å².